The third-order valence-corrected chi connectivity index (χ3v) is 5.32. The first-order valence-corrected chi connectivity index (χ1v) is 9.84. The van der Waals surface area contributed by atoms with Gasteiger partial charge in [0.05, 0.1) is 18.6 Å². The van der Waals surface area contributed by atoms with Crippen LogP contribution in [0.15, 0.2) is 24.3 Å². The third kappa shape index (κ3) is 4.07. The predicted octanol–water partition coefficient (Wildman–Crippen LogP) is 1.79. The lowest BCUT2D eigenvalue weighted by molar-refractivity contribution is -0.161. The average molecular weight is 403 g/mol. The average Bonchev–Trinajstić information content (AvgIpc) is 2.90. The molecule has 2 fully saturated rings. The van der Waals surface area contributed by atoms with E-state index in [4.69, 9.17) is 9.47 Å². The summed E-state index contributed by atoms with van der Waals surface area (Å²) in [5, 5.41) is 6.28. The highest BCUT2D eigenvalue weighted by molar-refractivity contribution is 5.94. The molecule has 0 aliphatic carbocycles. The summed E-state index contributed by atoms with van der Waals surface area (Å²) in [4.78, 5) is 39.0. The van der Waals surface area contributed by atoms with Crippen LogP contribution >= 0.6 is 0 Å². The molecule has 158 valence electrons. The van der Waals surface area contributed by atoms with Gasteiger partial charge in [0, 0.05) is 12.2 Å². The van der Waals surface area contributed by atoms with Crippen LogP contribution in [0.5, 0.6) is 0 Å². The topological polar surface area (TPSA) is 97.0 Å². The van der Waals surface area contributed by atoms with E-state index in [1.54, 1.807) is 24.3 Å². The number of rotatable bonds is 3. The zero-order valence-electron chi connectivity index (χ0n) is 17.6. The summed E-state index contributed by atoms with van der Waals surface area (Å²) < 4.78 is 10.2. The molecule has 29 heavy (non-hydrogen) atoms. The molecule has 1 aromatic carbocycles. The number of benzene rings is 1. The molecule has 0 radical (unpaired) electrons. The summed E-state index contributed by atoms with van der Waals surface area (Å²) in [5.41, 5.74) is -0.242. The van der Waals surface area contributed by atoms with Gasteiger partial charge in [-0.15, -0.1) is 0 Å². The van der Waals surface area contributed by atoms with E-state index in [2.05, 4.69) is 10.6 Å². The van der Waals surface area contributed by atoms with E-state index in [9.17, 15) is 14.4 Å². The largest absolute Gasteiger partial charge is 0.465 e. The Kier molecular flexibility index (Phi) is 5.58. The standard InChI is InChI=1S/C21H29N3O5/c1-13-23-19(27)21(11-10-15(12-22-21)18(26)29-20(2,3)4)24(13)16-8-6-14(7-9-16)17(25)28-5/h6-9,13,15,22H,10-12H2,1-5H3,(H,23,27). The number of hydrogen-bond acceptors (Lipinski definition) is 7. The first-order chi connectivity index (χ1) is 13.6. The summed E-state index contributed by atoms with van der Waals surface area (Å²) in [7, 11) is 1.34. The number of nitrogens with one attached hydrogen (secondary N) is 2. The van der Waals surface area contributed by atoms with Gasteiger partial charge in [0.1, 0.15) is 11.8 Å². The van der Waals surface area contributed by atoms with Crippen LogP contribution in [0.1, 0.15) is 50.9 Å². The number of hydrogen-bond donors (Lipinski definition) is 2. The van der Waals surface area contributed by atoms with E-state index in [0.29, 0.717) is 24.9 Å². The van der Waals surface area contributed by atoms with Crippen molar-refractivity contribution in [2.75, 3.05) is 18.6 Å². The Morgan fingerprint density at radius 1 is 1.21 bits per heavy atom. The van der Waals surface area contributed by atoms with Crippen molar-refractivity contribution in [2.45, 2.75) is 58.0 Å². The molecule has 1 amide bonds. The molecular formula is C21H29N3O5. The van der Waals surface area contributed by atoms with Crippen LogP contribution in [0, 0.1) is 5.92 Å². The maximum atomic E-state index is 12.9. The molecular weight excluding hydrogens is 374 g/mol. The van der Waals surface area contributed by atoms with Gasteiger partial charge in [-0.2, -0.15) is 0 Å². The molecule has 2 aliphatic heterocycles. The van der Waals surface area contributed by atoms with E-state index in [-0.39, 0.29) is 24.0 Å². The number of piperidine rings is 1. The highest BCUT2D eigenvalue weighted by Crippen LogP contribution is 2.36. The highest BCUT2D eigenvalue weighted by Gasteiger charge is 2.54. The molecule has 1 aromatic rings. The lowest BCUT2D eigenvalue weighted by Gasteiger charge is -2.43. The number of anilines is 1. The minimum atomic E-state index is -0.940. The van der Waals surface area contributed by atoms with Crippen LogP contribution in [0.3, 0.4) is 0 Å². The minimum Gasteiger partial charge on any atom is -0.465 e. The van der Waals surface area contributed by atoms with Gasteiger partial charge in [-0.25, -0.2) is 4.79 Å². The molecule has 1 spiro atoms. The maximum absolute atomic E-state index is 12.9. The van der Waals surface area contributed by atoms with Crippen molar-refractivity contribution in [1.29, 1.82) is 0 Å². The molecule has 2 saturated heterocycles. The van der Waals surface area contributed by atoms with Gasteiger partial charge in [-0.3, -0.25) is 14.9 Å². The van der Waals surface area contributed by atoms with Gasteiger partial charge < -0.3 is 19.7 Å². The van der Waals surface area contributed by atoms with Crippen LogP contribution in [0.2, 0.25) is 0 Å². The highest BCUT2D eigenvalue weighted by atomic mass is 16.6. The lowest BCUT2D eigenvalue weighted by Crippen LogP contribution is -2.65. The number of methoxy groups -OCH3 is 1. The Hall–Kier alpha value is -2.61. The fraction of sp³-hybridized carbons (Fsp3) is 0.571. The van der Waals surface area contributed by atoms with Gasteiger partial charge in [-0.05, 0) is 64.8 Å². The van der Waals surface area contributed by atoms with Crippen molar-refractivity contribution in [1.82, 2.24) is 10.6 Å². The smallest absolute Gasteiger partial charge is 0.337 e. The molecule has 3 atom stereocenters. The van der Waals surface area contributed by atoms with Gasteiger partial charge in [0.25, 0.3) is 5.91 Å². The molecule has 2 aliphatic rings. The van der Waals surface area contributed by atoms with Gasteiger partial charge in [0.15, 0.2) is 5.66 Å². The Bertz CT molecular complexity index is 792. The van der Waals surface area contributed by atoms with E-state index in [0.717, 1.165) is 5.69 Å². The number of ether oxygens (including phenoxy) is 2. The van der Waals surface area contributed by atoms with Gasteiger partial charge in [0.2, 0.25) is 0 Å². The number of carbonyl (C=O) groups is 3. The summed E-state index contributed by atoms with van der Waals surface area (Å²) >= 11 is 0. The zero-order chi connectivity index (χ0) is 21.4. The third-order valence-electron chi connectivity index (χ3n) is 5.32. The van der Waals surface area contributed by atoms with Crippen LogP contribution in [-0.2, 0) is 19.1 Å². The SMILES string of the molecule is COC(=O)c1ccc(N2C(C)NC(=O)C23CCC(C(=O)OC(C)(C)C)CN3)cc1. The number of carbonyl (C=O) groups excluding carboxylic acids is 3. The number of nitrogens with zero attached hydrogens (tertiary/aromatic N) is 1. The summed E-state index contributed by atoms with van der Waals surface area (Å²) in [6.45, 7) is 7.78. The summed E-state index contributed by atoms with van der Waals surface area (Å²) in [6, 6.07) is 6.95. The zero-order valence-corrected chi connectivity index (χ0v) is 17.6. The maximum Gasteiger partial charge on any atom is 0.337 e. The van der Waals surface area contributed by atoms with E-state index < -0.39 is 17.2 Å². The van der Waals surface area contributed by atoms with Crippen molar-refractivity contribution < 1.29 is 23.9 Å². The molecule has 2 heterocycles. The predicted molar refractivity (Wildman–Crippen MR) is 107 cm³/mol. The van der Waals surface area contributed by atoms with E-state index >= 15 is 0 Å². The second-order valence-electron chi connectivity index (χ2n) is 8.57. The van der Waals surface area contributed by atoms with Crippen molar-refractivity contribution in [3.05, 3.63) is 29.8 Å². The van der Waals surface area contributed by atoms with Crippen molar-refractivity contribution in [3.8, 4) is 0 Å². The second-order valence-corrected chi connectivity index (χ2v) is 8.57. The molecule has 3 unspecified atom stereocenters. The normalized spacial score (nSPS) is 26.9. The van der Waals surface area contributed by atoms with Crippen molar-refractivity contribution >= 4 is 23.5 Å². The van der Waals surface area contributed by atoms with Gasteiger partial charge in [-0.1, -0.05) is 0 Å². The first kappa shape index (κ1) is 21.1. The Balaban J connectivity index is 1.80. The molecule has 8 heteroatoms. The van der Waals surface area contributed by atoms with E-state index in [1.807, 2.05) is 32.6 Å². The van der Waals surface area contributed by atoms with Crippen LogP contribution in [0.4, 0.5) is 5.69 Å². The Labute approximate surface area is 170 Å². The molecule has 2 N–H and O–H groups in total. The van der Waals surface area contributed by atoms with Crippen LogP contribution < -0.4 is 15.5 Å². The monoisotopic (exact) mass is 403 g/mol. The summed E-state index contributed by atoms with van der Waals surface area (Å²) in [6.07, 6.45) is 0.766. The molecule has 0 aromatic heterocycles. The molecule has 0 saturated carbocycles. The van der Waals surface area contributed by atoms with E-state index in [1.165, 1.54) is 7.11 Å². The minimum absolute atomic E-state index is 0.121. The Morgan fingerprint density at radius 2 is 1.86 bits per heavy atom. The van der Waals surface area contributed by atoms with Crippen molar-refractivity contribution in [2.24, 2.45) is 5.92 Å². The fourth-order valence-corrected chi connectivity index (χ4v) is 3.98. The molecule has 3 rings (SSSR count). The lowest BCUT2D eigenvalue weighted by atomic mass is 9.88. The number of amides is 1. The molecule has 0 bridgehead atoms. The fourth-order valence-electron chi connectivity index (χ4n) is 3.98. The number of esters is 2. The van der Waals surface area contributed by atoms with Crippen LogP contribution in [0.25, 0.3) is 0 Å². The first-order valence-electron chi connectivity index (χ1n) is 9.84. The van der Waals surface area contributed by atoms with Crippen LogP contribution in [-0.4, -0.2) is 48.9 Å². The second kappa shape index (κ2) is 7.67. The quantitative estimate of drug-likeness (QED) is 0.743. The molecule has 8 nitrogen and oxygen atoms in total. The summed E-state index contributed by atoms with van der Waals surface area (Å²) in [5.74, 6) is -1.08. The Morgan fingerprint density at radius 3 is 2.38 bits per heavy atom. The van der Waals surface area contributed by atoms with Gasteiger partial charge >= 0.3 is 11.9 Å². The van der Waals surface area contributed by atoms with Crippen molar-refractivity contribution in [3.63, 3.8) is 0 Å².